The maximum atomic E-state index is 2.31. The third-order valence-electron chi connectivity index (χ3n) is 3.22. The van der Waals surface area contributed by atoms with Crippen LogP contribution in [0.2, 0.25) is 0 Å². The van der Waals surface area contributed by atoms with E-state index in [4.69, 9.17) is 0 Å². The van der Waals surface area contributed by atoms with Crippen LogP contribution in [0.25, 0.3) is 5.57 Å². The van der Waals surface area contributed by atoms with Crippen LogP contribution in [0.15, 0.2) is 35.9 Å². The van der Waals surface area contributed by atoms with Gasteiger partial charge in [0.2, 0.25) is 0 Å². The van der Waals surface area contributed by atoms with Crippen molar-refractivity contribution in [2.45, 2.75) is 41.5 Å². The molecule has 1 rings (SSSR count). The van der Waals surface area contributed by atoms with E-state index in [1.807, 2.05) is 0 Å². The fourth-order valence-corrected chi connectivity index (χ4v) is 2.74. The molecule has 0 N–H and O–H groups in total. The van der Waals surface area contributed by atoms with E-state index in [1.165, 1.54) is 11.1 Å². The van der Waals surface area contributed by atoms with Crippen molar-refractivity contribution in [1.29, 1.82) is 0 Å². The molecule has 1 aromatic carbocycles. The van der Waals surface area contributed by atoms with Gasteiger partial charge in [-0.1, -0.05) is 77.4 Å². The maximum absolute atomic E-state index is 2.31. The highest BCUT2D eigenvalue weighted by molar-refractivity contribution is 5.70. The normalized spacial score (nSPS) is 11.4. The van der Waals surface area contributed by atoms with E-state index in [9.17, 15) is 0 Å². The highest BCUT2D eigenvalue weighted by Crippen LogP contribution is 2.34. The van der Waals surface area contributed by atoms with E-state index in [1.54, 1.807) is 5.57 Å². The van der Waals surface area contributed by atoms with Crippen molar-refractivity contribution in [3.63, 3.8) is 0 Å². The van der Waals surface area contributed by atoms with Gasteiger partial charge in [-0.05, 0) is 28.9 Å². The molecule has 1 aromatic rings. The molecule has 0 aliphatic rings. The van der Waals surface area contributed by atoms with Crippen molar-refractivity contribution in [3.8, 4) is 0 Å². The van der Waals surface area contributed by atoms with Crippen molar-refractivity contribution in [3.05, 3.63) is 41.5 Å². The molecule has 0 fully saturated rings. The molecule has 0 heterocycles. The Bertz CT molecular complexity index is 356. The van der Waals surface area contributed by atoms with E-state index in [-0.39, 0.29) is 0 Å². The van der Waals surface area contributed by atoms with Gasteiger partial charge in [0, 0.05) is 0 Å². The lowest BCUT2D eigenvalue weighted by atomic mass is 9.81. The number of benzene rings is 1. The first-order valence-corrected chi connectivity index (χ1v) is 6.74. The minimum Gasteiger partial charge on any atom is -0.0622 e. The highest BCUT2D eigenvalue weighted by atomic mass is 14.2. The zero-order chi connectivity index (χ0) is 13.0. The van der Waals surface area contributed by atoms with E-state index >= 15 is 0 Å². The fraction of sp³-hybridized carbons (Fsp3) is 0.529. The maximum Gasteiger partial charge on any atom is -0.0213 e. The van der Waals surface area contributed by atoms with Crippen LogP contribution < -0.4 is 0 Å². The Balaban J connectivity index is 3.38. The molecule has 0 heteroatoms. The summed E-state index contributed by atoms with van der Waals surface area (Å²) in [5, 5.41) is 0. The monoisotopic (exact) mass is 230 g/mol. The Morgan fingerprint density at radius 3 is 1.53 bits per heavy atom. The predicted molar refractivity (Wildman–Crippen MR) is 77.9 cm³/mol. The molecule has 0 saturated heterocycles. The SMILES string of the molecule is CC(C)C(=C(C(C)C)C(C)C)c1ccccc1. The minimum absolute atomic E-state index is 0.581. The summed E-state index contributed by atoms with van der Waals surface area (Å²) in [7, 11) is 0. The summed E-state index contributed by atoms with van der Waals surface area (Å²) in [5.74, 6) is 1.82. The lowest BCUT2D eigenvalue weighted by Crippen LogP contribution is -2.09. The molecule has 17 heavy (non-hydrogen) atoms. The molecule has 0 atom stereocenters. The van der Waals surface area contributed by atoms with Gasteiger partial charge < -0.3 is 0 Å². The second-order valence-corrected chi connectivity index (χ2v) is 5.70. The van der Waals surface area contributed by atoms with Crippen molar-refractivity contribution in [2.75, 3.05) is 0 Å². The van der Waals surface area contributed by atoms with E-state index < -0.39 is 0 Å². The summed E-state index contributed by atoms with van der Waals surface area (Å²) >= 11 is 0. The van der Waals surface area contributed by atoms with Gasteiger partial charge in [0.25, 0.3) is 0 Å². The second-order valence-electron chi connectivity index (χ2n) is 5.70. The molecule has 0 amide bonds. The van der Waals surface area contributed by atoms with Crippen LogP contribution in [0.5, 0.6) is 0 Å². The minimum atomic E-state index is 0.581. The van der Waals surface area contributed by atoms with Gasteiger partial charge in [-0.2, -0.15) is 0 Å². The molecule has 0 nitrogen and oxygen atoms in total. The van der Waals surface area contributed by atoms with Gasteiger partial charge in [-0.15, -0.1) is 0 Å². The van der Waals surface area contributed by atoms with Gasteiger partial charge in [-0.3, -0.25) is 0 Å². The lowest BCUT2D eigenvalue weighted by molar-refractivity contribution is 0.617. The average Bonchev–Trinajstić information content (AvgIpc) is 2.25. The van der Waals surface area contributed by atoms with Crippen molar-refractivity contribution in [1.82, 2.24) is 0 Å². The average molecular weight is 230 g/mol. The summed E-state index contributed by atoms with van der Waals surface area (Å²) in [6.45, 7) is 13.8. The molecule has 0 radical (unpaired) electrons. The summed E-state index contributed by atoms with van der Waals surface area (Å²) < 4.78 is 0. The van der Waals surface area contributed by atoms with E-state index in [0.29, 0.717) is 17.8 Å². The molecule has 0 saturated carbocycles. The molecule has 0 spiro atoms. The van der Waals surface area contributed by atoms with Gasteiger partial charge in [0.15, 0.2) is 0 Å². The molecular formula is C17H26. The molecule has 0 aliphatic carbocycles. The van der Waals surface area contributed by atoms with Gasteiger partial charge in [0.1, 0.15) is 0 Å². The molecular weight excluding hydrogens is 204 g/mol. The Morgan fingerprint density at radius 2 is 1.18 bits per heavy atom. The third kappa shape index (κ3) is 3.46. The smallest absolute Gasteiger partial charge is 0.0213 e. The van der Waals surface area contributed by atoms with Gasteiger partial charge >= 0.3 is 0 Å². The Morgan fingerprint density at radius 1 is 0.706 bits per heavy atom. The first-order valence-electron chi connectivity index (χ1n) is 6.74. The van der Waals surface area contributed by atoms with E-state index in [2.05, 4.69) is 71.9 Å². The molecule has 0 aromatic heterocycles. The first-order chi connectivity index (χ1) is 7.95. The summed E-state index contributed by atoms with van der Waals surface area (Å²) in [4.78, 5) is 0. The summed E-state index contributed by atoms with van der Waals surface area (Å²) in [6, 6.07) is 10.8. The molecule has 0 bridgehead atoms. The topological polar surface area (TPSA) is 0 Å². The largest absolute Gasteiger partial charge is 0.0622 e. The quantitative estimate of drug-likeness (QED) is 0.649. The zero-order valence-corrected chi connectivity index (χ0v) is 12.1. The Labute approximate surface area is 107 Å². The van der Waals surface area contributed by atoms with Crippen LogP contribution in [0, 0.1) is 17.8 Å². The lowest BCUT2D eigenvalue weighted by Gasteiger charge is -2.24. The molecule has 0 aliphatic heterocycles. The number of hydrogen-bond acceptors (Lipinski definition) is 0. The van der Waals surface area contributed by atoms with Gasteiger partial charge in [0.05, 0.1) is 0 Å². The van der Waals surface area contributed by atoms with E-state index in [0.717, 1.165) is 0 Å². The van der Waals surface area contributed by atoms with Crippen LogP contribution in [-0.2, 0) is 0 Å². The van der Waals surface area contributed by atoms with Crippen molar-refractivity contribution in [2.24, 2.45) is 17.8 Å². The van der Waals surface area contributed by atoms with Gasteiger partial charge in [-0.25, -0.2) is 0 Å². The van der Waals surface area contributed by atoms with Crippen LogP contribution in [-0.4, -0.2) is 0 Å². The van der Waals surface area contributed by atoms with Crippen LogP contribution >= 0.6 is 0 Å². The fourth-order valence-electron chi connectivity index (χ4n) is 2.74. The Kier molecular flexibility index (Phi) is 4.99. The van der Waals surface area contributed by atoms with Crippen LogP contribution in [0.1, 0.15) is 47.1 Å². The Hall–Kier alpha value is -1.04. The zero-order valence-electron chi connectivity index (χ0n) is 12.1. The molecule has 0 unspecified atom stereocenters. The summed E-state index contributed by atoms with van der Waals surface area (Å²) in [5.41, 5.74) is 4.53. The highest BCUT2D eigenvalue weighted by Gasteiger charge is 2.17. The second kappa shape index (κ2) is 6.05. The standard InChI is InChI=1S/C17H26/c1-12(2)16(13(3)4)17(14(5)6)15-10-8-7-9-11-15/h7-14H,1-6H3. The van der Waals surface area contributed by atoms with Crippen LogP contribution in [0.3, 0.4) is 0 Å². The summed E-state index contributed by atoms with van der Waals surface area (Å²) in [6.07, 6.45) is 0. The molecule has 94 valence electrons. The predicted octanol–water partition coefficient (Wildman–Crippen LogP) is 5.41. The van der Waals surface area contributed by atoms with Crippen molar-refractivity contribution >= 4 is 5.57 Å². The van der Waals surface area contributed by atoms with Crippen LogP contribution in [0.4, 0.5) is 0 Å². The van der Waals surface area contributed by atoms with Crippen molar-refractivity contribution < 1.29 is 0 Å². The third-order valence-corrected chi connectivity index (χ3v) is 3.22. The number of allylic oxidation sites excluding steroid dienone is 2. The first kappa shape index (κ1) is 14.0. The number of hydrogen-bond donors (Lipinski definition) is 0. The number of rotatable bonds is 4.